The van der Waals surface area contributed by atoms with Crippen LogP contribution in [0.4, 0.5) is 11.4 Å². The summed E-state index contributed by atoms with van der Waals surface area (Å²) in [5.74, 6) is 5.86. The molecule has 1 aromatic heterocycles. The van der Waals surface area contributed by atoms with Crippen LogP contribution in [-0.4, -0.2) is 31.5 Å². The highest BCUT2D eigenvalue weighted by Gasteiger charge is 2.20. The number of hydrogen-bond acceptors (Lipinski definition) is 7. The van der Waals surface area contributed by atoms with Crippen molar-refractivity contribution in [3.05, 3.63) is 39.2 Å². The molecule has 2 rings (SSSR count). The second-order valence-corrected chi connectivity index (χ2v) is 5.84. The number of nitro benzene ring substituents is 1. The molecular formula is C13H16N6O3S. The first-order valence-electron chi connectivity index (χ1n) is 6.65. The monoisotopic (exact) mass is 336 g/mol. The van der Waals surface area contributed by atoms with Crippen LogP contribution in [0.1, 0.15) is 17.0 Å². The number of anilines is 1. The van der Waals surface area contributed by atoms with Gasteiger partial charge in [-0.15, -0.1) is 10.2 Å². The molecule has 0 aliphatic carbocycles. The van der Waals surface area contributed by atoms with Crippen LogP contribution in [0.15, 0.2) is 17.3 Å². The van der Waals surface area contributed by atoms with Crippen molar-refractivity contribution in [1.82, 2.24) is 14.9 Å². The van der Waals surface area contributed by atoms with Gasteiger partial charge in [0, 0.05) is 6.07 Å². The molecule has 3 N–H and O–H groups in total. The molecule has 0 fully saturated rings. The first kappa shape index (κ1) is 16.7. The molecular weight excluding hydrogens is 320 g/mol. The molecule has 23 heavy (non-hydrogen) atoms. The molecule has 0 saturated carbocycles. The van der Waals surface area contributed by atoms with Gasteiger partial charge in [-0.1, -0.05) is 17.8 Å². The lowest BCUT2D eigenvalue weighted by Crippen LogP contribution is -2.18. The molecule has 0 atom stereocenters. The highest BCUT2D eigenvalue weighted by atomic mass is 32.2. The molecule has 2 aromatic rings. The molecule has 122 valence electrons. The average Bonchev–Trinajstić information content (AvgIpc) is 2.81. The largest absolute Gasteiger partial charge is 0.336 e. The van der Waals surface area contributed by atoms with Gasteiger partial charge in [0.2, 0.25) is 11.1 Å². The van der Waals surface area contributed by atoms with Crippen LogP contribution in [-0.2, 0) is 4.79 Å². The Labute approximate surface area is 136 Å². The maximum atomic E-state index is 12.1. The Morgan fingerprint density at radius 1 is 1.39 bits per heavy atom. The molecule has 0 unspecified atom stereocenters. The van der Waals surface area contributed by atoms with Crippen molar-refractivity contribution >= 4 is 29.0 Å². The minimum Gasteiger partial charge on any atom is -0.336 e. The van der Waals surface area contributed by atoms with Crippen molar-refractivity contribution in [2.24, 2.45) is 0 Å². The number of hydrogen-bond donors (Lipinski definition) is 2. The van der Waals surface area contributed by atoms with Gasteiger partial charge in [0.05, 0.1) is 10.7 Å². The first-order chi connectivity index (χ1) is 10.8. The quantitative estimate of drug-likeness (QED) is 0.367. The molecule has 9 nitrogen and oxygen atoms in total. The Balaban J connectivity index is 2.13. The molecule has 0 aliphatic rings. The molecule has 0 bridgehead atoms. The highest BCUT2D eigenvalue weighted by molar-refractivity contribution is 7.99. The average molecular weight is 336 g/mol. The van der Waals surface area contributed by atoms with E-state index >= 15 is 0 Å². The van der Waals surface area contributed by atoms with Crippen LogP contribution in [0.2, 0.25) is 0 Å². The summed E-state index contributed by atoms with van der Waals surface area (Å²) >= 11 is 1.10. The third-order valence-electron chi connectivity index (χ3n) is 3.34. The second-order valence-electron chi connectivity index (χ2n) is 4.90. The number of nitrogens with zero attached hydrogens (tertiary/aromatic N) is 4. The van der Waals surface area contributed by atoms with Crippen LogP contribution < -0.4 is 11.2 Å². The number of nitrogen functional groups attached to an aromatic ring is 1. The van der Waals surface area contributed by atoms with Gasteiger partial charge in [-0.25, -0.2) is 4.68 Å². The summed E-state index contributed by atoms with van der Waals surface area (Å²) in [4.78, 5) is 22.7. The van der Waals surface area contributed by atoms with Gasteiger partial charge in [0.15, 0.2) is 0 Å². The van der Waals surface area contributed by atoms with Crippen molar-refractivity contribution in [2.45, 2.75) is 25.9 Å². The summed E-state index contributed by atoms with van der Waals surface area (Å²) in [6.07, 6.45) is 0. The number of rotatable bonds is 5. The molecule has 10 heteroatoms. The first-order valence-corrected chi connectivity index (χ1v) is 7.64. The van der Waals surface area contributed by atoms with E-state index in [1.807, 2.05) is 6.92 Å². The predicted octanol–water partition coefficient (Wildman–Crippen LogP) is 1.56. The SMILES string of the molecule is Cc1ccc([N+](=O)[O-])c(NC(=O)CSc2nnc(C)n2N)c1C. The standard InChI is InChI=1S/C13H16N6O3S/c1-7-4-5-10(19(21)22)12(8(7)2)15-11(20)6-23-13-17-16-9(3)18(13)14/h4-5H,6,14H2,1-3H3,(H,15,20). The summed E-state index contributed by atoms with van der Waals surface area (Å²) in [5.41, 5.74) is 1.60. The van der Waals surface area contributed by atoms with Crippen molar-refractivity contribution in [2.75, 3.05) is 16.9 Å². The van der Waals surface area contributed by atoms with E-state index in [1.165, 1.54) is 10.7 Å². The zero-order valence-corrected chi connectivity index (χ0v) is 13.7. The van der Waals surface area contributed by atoms with Crippen molar-refractivity contribution in [1.29, 1.82) is 0 Å². The van der Waals surface area contributed by atoms with Crippen molar-refractivity contribution in [3.63, 3.8) is 0 Å². The number of benzene rings is 1. The van der Waals surface area contributed by atoms with Gasteiger partial charge in [-0.05, 0) is 31.9 Å². The summed E-state index contributed by atoms with van der Waals surface area (Å²) in [6, 6.07) is 3.03. The van der Waals surface area contributed by atoms with Gasteiger partial charge in [-0.3, -0.25) is 14.9 Å². The lowest BCUT2D eigenvalue weighted by molar-refractivity contribution is -0.384. The highest BCUT2D eigenvalue weighted by Crippen LogP contribution is 2.30. The fraction of sp³-hybridized carbons (Fsp3) is 0.308. The zero-order valence-electron chi connectivity index (χ0n) is 12.9. The van der Waals surface area contributed by atoms with Gasteiger partial charge in [0.25, 0.3) is 5.69 Å². The van der Waals surface area contributed by atoms with Gasteiger partial charge >= 0.3 is 0 Å². The van der Waals surface area contributed by atoms with Gasteiger partial charge in [-0.2, -0.15) is 0 Å². The van der Waals surface area contributed by atoms with Crippen molar-refractivity contribution in [3.8, 4) is 0 Å². The summed E-state index contributed by atoms with van der Waals surface area (Å²) in [6.45, 7) is 5.24. The molecule has 0 saturated heterocycles. The summed E-state index contributed by atoms with van der Waals surface area (Å²) < 4.78 is 1.28. The maximum Gasteiger partial charge on any atom is 0.293 e. The Bertz CT molecular complexity index is 773. The molecule has 0 spiro atoms. The lowest BCUT2D eigenvalue weighted by atomic mass is 10.1. The number of nitro groups is 1. The fourth-order valence-electron chi connectivity index (χ4n) is 1.87. The van der Waals surface area contributed by atoms with E-state index in [1.54, 1.807) is 19.9 Å². The number of carbonyl (C=O) groups is 1. The Hall–Kier alpha value is -2.62. The van der Waals surface area contributed by atoms with Crippen LogP contribution in [0.3, 0.4) is 0 Å². The molecule has 0 aliphatic heterocycles. The summed E-state index contributed by atoms with van der Waals surface area (Å²) in [5, 5.41) is 21.7. The van der Waals surface area contributed by atoms with E-state index in [0.29, 0.717) is 16.5 Å². The number of aromatic nitrogens is 3. The predicted molar refractivity (Wildman–Crippen MR) is 86.8 cm³/mol. The van der Waals surface area contributed by atoms with Crippen LogP contribution >= 0.6 is 11.8 Å². The van der Waals surface area contributed by atoms with Crippen LogP contribution in [0.25, 0.3) is 0 Å². The number of thioether (sulfide) groups is 1. The van der Waals surface area contributed by atoms with Gasteiger partial charge in [0.1, 0.15) is 11.5 Å². The normalized spacial score (nSPS) is 10.6. The van der Waals surface area contributed by atoms with E-state index in [0.717, 1.165) is 17.3 Å². The van der Waals surface area contributed by atoms with E-state index < -0.39 is 4.92 Å². The number of nitrogens with one attached hydrogen (secondary N) is 1. The molecule has 1 heterocycles. The number of nitrogens with two attached hydrogens (primary N) is 1. The smallest absolute Gasteiger partial charge is 0.293 e. The van der Waals surface area contributed by atoms with E-state index in [9.17, 15) is 14.9 Å². The van der Waals surface area contributed by atoms with E-state index in [4.69, 9.17) is 5.84 Å². The molecule has 0 radical (unpaired) electrons. The number of amides is 1. The fourth-order valence-corrected chi connectivity index (χ4v) is 2.57. The minimum absolute atomic E-state index is 0.0138. The third-order valence-corrected chi connectivity index (χ3v) is 4.29. The van der Waals surface area contributed by atoms with E-state index in [-0.39, 0.29) is 23.0 Å². The topological polar surface area (TPSA) is 129 Å². The minimum atomic E-state index is -0.519. The lowest BCUT2D eigenvalue weighted by Gasteiger charge is -2.10. The van der Waals surface area contributed by atoms with Crippen molar-refractivity contribution < 1.29 is 9.72 Å². The Kier molecular flexibility index (Phi) is 4.84. The summed E-state index contributed by atoms with van der Waals surface area (Å²) in [7, 11) is 0. The van der Waals surface area contributed by atoms with Gasteiger partial charge < -0.3 is 11.2 Å². The van der Waals surface area contributed by atoms with Crippen LogP contribution in [0.5, 0.6) is 0 Å². The van der Waals surface area contributed by atoms with Crippen LogP contribution in [0, 0.1) is 30.9 Å². The number of carbonyl (C=O) groups excluding carboxylic acids is 1. The number of aryl methyl sites for hydroxylation is 2. The zero-order chi connectivity index (χ0) is 17.1. The molecule has 1 amide bonds. The van der Waals surface area contributed by atoms with E-state index in [2.05, 4.69) is 15.5 Å². The second kappa shape index (κ2) is 6.65. The Morgan fingerprint density at radius 2 is 2.09 bits per heavy atom. The Morgan fingerprint density at radius 3 is 2.65 bits per heavy atom. The maximum absolute atomic E-state index is 12.1. The molecule has 1 aromatic carbocycles. The third kappa shape index (κ3) is 3.59.